The van der Waals surface area contributed by atoms with Gasteiger partial charge >= 0.3 is 0 Å². The van der Waals surface area contributed by atoms with Crippen molar-refractivity contribution in [3.8, 4) is 0 Å². The van der Waals surface area contributed by atoms with Crippen LogP contribution in [0.15, 0.2) is 24.5 Å². The normalized spacial score (nSPS) is 10.7. The summed E-state index contributed by atoms with van der Waals surface area (Å²) in [7, 11) is 0. The van der Waals surface area contributed by atoms with E-state index in [1.165, 1.54) is 22.3 Å². The van der Waals surface area contributed by atoms with Gasteiger partial charge < -0.3 is 0 Å². The van der Waals surface area contributed by atoms with Crippen LogP contribution < -0.4 is 0 Å². The number of carbonyl (C=O) groups excluding carboxylic acids is 1. The molecule has 0 N–H and O–H groups in total. The van der Waals surface area contributed by atoms with Gasteiger partial charge in [-0.2, -0.15) is 5.10 Å². The summed E-state index contributed by atoms with van der Waals surface area (Å²) in [6, 6.07) is 4.37. The van der Waals surface area contributed by atoms with Gasteiger partial charge in [0.2, 0.25) is 0 Å². The van der Waals surface area contributed by atoms with Gasteiger partial charge in [0.1, 0.15) is 0 Å². The molecule has 3 heteroatoms. The summed E-state index contributed by atoms with van der Waals surface area (Å²) >= 11 is 0. The number of Topliss-reactive ketones (excluding diaryl/α,β-unsaturated/α-hetero) is 1. The molecule has 0 bridgehead atoms. The van der Waals surface area contributed by atoms with Crippen molar-refractivity contribution in [2.24, 2.45) is 0 Å². The zero-order valence-electron chi connectivity index (χ0n) is 12.0. The fraction of sp³-hybridized carbons (Fsp3) is 0.375. The lowest BCUT2D eigenvalue weighted by Gasteiger charge is -2.11. The number of nitrogens with zero attached hydrogens (tertiary/aromatic N) is 2. The molecule has 2 rings (SSSR count). The fourth-order valence-corrected chi connectivity index (χ4v) is 2.42. The molecule has 100 valence electrons. The predicted molar refractivity (Wildman–Crippen MR) is 76.6 cm³/mol. The predicted octanol–water partition coefficient (Wildman–Crippen LogP) is 3.45. The van der Waals surface area contributed by atoms with E-state index in [2.05, 4.69) is 38.0 Å². The Morgan fingerprint density at radius 2 is 1.84 bits per heavy atom. The van der Waals surface area contributed by atoms with Crippen LogP contribution in [0.1, 0.15) is 46.0 Å². The quantitative estimate of drug-likeness (QED) is 0.785. The lowest BCUT2D eigenvalue weighted by molar-refractivity contribution is 0.0988. The molecule has 0 unspecified atom stereocenters. The highest BCUT2D eigenvalue weighted by molar-refractivity contribution is 5.95. The Balaban J connectivity index is 2.27. The largest absolute Gasteiger partial charge is 0.294 e. The van der Waals surface area contributed by atoms with Crippen molar-refractivity contribution >= 4 is 5.78 Å². The molecule has 0 saturated heterocycles. The summed E-state index contributed by atoms with van der Waals surface area (Å²) in [5.74, 6) is 0.142. The first-order valence-corrected chi connectivity index (χ1v) is 6.63. The molecule has 0 aliphatic carbocycles. The number of rotatable bonds is 4. The van der Waals surface area contributed by atoms with E-state index in [1.54, 1.807) is 6.20 Å². The summed E-state index contributed by atoms with van der Waals surface area (Å²) in [5, 5.41) is 4.28. The van der Waals surface area contributed by atoms with Crippen molar-refractivity contribution in [3.63, 3.8) is 0 Å². The molecule has 0 saturated carbocycles. The van der Waals surface area contributed by atoms with E-state index >= 15 is 0 Å². The van der Waals surface area contributed by atoms with Gasteiger partial charge in [-0.15, -0.1) is 0 Å². The van der Waals surface area contributed by atoms with Crippen LogP contribution in [-0.4, -0.2) is 15.6 Å². The Hall–Kier alpha value is -1.90. The minimum Gasteiger partial charge on any atom is -0.294 e. The maximum absolute atomic E-state index is 11.6. The second-order valence-corrected chi connectivity index (χ2v) is 5.08. The summed E-state index contributed by atoms with van der Waals surface area (Å²) in [6.45, 7) is 8.94. The van der Waals surface area contributed by atoms with Crippen LogP contribution in [0.3, 0.4) is 0 Å². The average Bonchev–Trinajstić information content (AvgIpc) is 2.81. The second-order valence-electron chi connectivity index (χ2n) is 5.08. The van der Waals surface area contributed by atoms with Crippen LogP contribution in [0.2, 0.25) is 0 Å². The monoisotopic (exact) mass is 256 g/mol. The minimum absolute atomic E-state index is 0.142. The summed E-state index contributed by atoms with van der Waals surface area (Å²) in [4.78, 5) is 11.6. The highest BCUT2D eigenvalue weighted by Crippen LogP contribution is 2.17. The van der Waals surface area contributed by atoms with Crippen LogP contribution in [0.4, 0.5) is 0 Å². The number of hydrogen-bond donors (Lipinski definition) is 0. The van der Waals surface area contributed by atoms with Gasteiger partial charge in [0.05, 0.1) is 18.3 Å². The topological polar surface area (TPSA) is 34.9 Å². The van der Waals surface area contributed by atoms with E-state index in [1.807, 2.05) is 17.8 Å². The Bertz CT molecular complexity index is 588. The molecule has 1 aromatic carbocycles. The molecule has 2 aromatic rings. The molecule has 0 spiro atoms. The van der Waals surface area contributed by atoms with E-state index in [4.69, 9.17) is 0 Å². The number of aryl methyl sites for hydroxylation is 3. The van der Waals surface area contributed by atoms with E-state index < -0.39 is 0 Å². The smallest absolute Gasteiger partial charge is 0.165 e. The summed E-state index contributed by atoms with van der Waals surface area (Å²) < 4.78 is 1.84. The van der Waals surface area contributed by atoms with Crippen molar-refractivity contribution < 1.29 is 4.79 Å². The lowest BCUT2D eigenvalue weighted by atomic mass is 10.00. The molecule has 0 atom stereocenters. The molecule has 1 aromatic heterocycles. The first kappa shape index (κ1) is 13.5. The van der Waals surface area contributed by atoms with Gasteiger partial charge in [0.25, 0.3) is 0 Å². The van der Waals surface area contributed by atoms with E-state index in [-0.39, 0.29) is 5.78 Å². The Morgan fingerprint density at radius 1 is 1.21 bits per heavy atom. The minimum atomic E-state index is 0.142. The third-order valence-electron chi connectivity index (χ3n) is 3.44. The molecule has 0 fully saturated rings. The van der Waals surface area contributed by atoms with Gasteiger partial charge in [-0.05, 0) is 37.5 Å². The number of hydrogen-bond acceptors (Lipinski definition) is 2. The zero-order valence-corrected chi connectivity index (χ0v) is 12.0. The number of benzene rings is 1. The van der Waals surface area contributed by atoms with Gasteiger partial charge in [-0.3, -0.25) is 9.48 Å². The van der Waals surface area contributed by atoms with Gasteiger partial charge in [-0.1, -0.05) is 24.6 Å². The van der Waals surface area contributed by atoms with Gasteiger partial charge in [0, 0.05) is 12.6 Å². The van der Waals surface area contributed by atoms with E-state index in [0.29, 0.717) is 12.0 Å². The van der Waals surface area contributed by atoms with Crippen LogP contribution >= 0.6 is 0 Å². The van der Waals surface area contributed by atoms with Gasteiger partial charge in [-0.25, -0.2) is 0 Å². The third kappa shape index (κ3) is 2.92. The fourth-order valence-electron chi connectivity index (χ4n) is 2.42. The standard InChI is InChI=1S/C16H20N2O/c1-5-16(19)14-8-17-18(9-14)10-15-12(3)6-11(2)7-13(15)4/h6-9H,5,10H2,1-4H3. The Morgan fingerprint density at radius 3 is 2.42 bits per heavy atom. The highest BCUT2D eigenvalue weighted by atomic mass is 16.1. The Kier molecular flexibility index (Phi) is 3.84. The van der Waals surface area contributed by atoms with Gasteiger partial charge in [0.15, 0.2) is 5.78 Å². The molecular weight excluding hydrogens is 236 g/mol. The van der Waals surface area contributed by atoms with Crippen molar-refractivity contribution in [1.82, 2.24) is 9.78 Å². The molecule has 3 nitrogen and oxygen atoms in total. The number of ketones is 1. The second kappa shape index (κ2) is 5.39. The molecule has 0 aliphatic rings. The maximum Gasteiger partial charge on any atom is 0.165 e. The van der Waals surface area contributed by atoms with E-state index in [9.17, 15) is 4.79 Å². The third-order valence-corrected chi connectivity index (χ3v) is 3.44. The van der Waals surface area contributed by atoms with Crippen molar-refractivity contribution in [2.75, 3.05) is 0 Å². The average molecular weight is 256 g/mol. The Labute approximate surface area is 114 Å². The van der Waals surface area contributed by atoms with Crippen LogP contribution in [0.5, 0.6) is 0 Å². The molecular formula is C16H20N2O. The molecule has 0 aliphatic heterocycles. The summed E-state index contributed by atoms with van der Waals surface area (Å²) in [5.41, 5.74) is 5.81. The van der Waals surface area contributed by atoms with Crippen LogP contribution in [0.25, 0.3) is 0 Å². The molecule has 0 radical (unpaired) electrons. The van der Waals surface area contributed by atoms with E-state index in [0.717, 1.165) is 6.54 Å². The first-order valence-electron chi connectivity index (χ1n) is 6.63. The summed E-state index contributed by atoms with van der Waals surface area (Å²) in [6.07, 6.45) is 4.02. The SMILES string of the molecule is CCC(=O)c1cnn(Cc2c(C)cc(C)cc2C)c1. The van der Waals surface area contributed by atoms with Crippen LogP contribution in [-0.2, 0) is 6.54 Å². The number of aromatic nitrogens is 2. The number of carbonyl (C=O) groups is 1. The molecule has 19 heavy (non-hydrogen) atoms. The highest BCUT2D eigenvalue weighted by Gasteiger charge is 2.09. The maximum atomic E-state index is 11.6. The van der Waals surface area contributed by atoms with Crippen molar-refractivity contribution in [2.45, 2.75) is 40.7 Å². The lowest BCUT2D eigenvalue weighted by Crippen LogP contribution is -2.04. The van der Waals surface area contributed by atoms with Crippen LogP contribution in [0, 0.1) is 20.8 Å². The zero-order chi connectivity index (χ0) is 14.0. The van der Waals surface area contributed by atoms with Crippen molar-refractivity contribution in [3.05, 3.63) is 52.3 Å². The first-order chi connectivity index (χ1) is 9.01. The van der Waals surface area contributed by atoms with Crippen molar-refractivity contribution in [1.29, 1.82) is 0 Å². The molecule has 1 heterocycles. The molecule has 0 amide bonds.